The molecule has 0 saturated carbocycles. The Labute approximate surface area is 203 Å². The molecule has 3 aromatic rings. The van der Waals surface area contributed by atoms with Crippen molar-refractivity contribution in [2.75, 3.05) is 6.61 Å². The number of aliphatic carboxylic acids is 1. The van der Waals surface area contributed by atoms with Gasteiger partial charge in [0.05, 0.1) is 6.04 Å². The van der Waals surface area contributed by atoms with E-state index in [0.29, 0.717) is 0 Å². The Morgan fingerprint density at radius 2 is 1.63 bits per heavy atom. The Morgan fingerprint density at radius 1 is 0.971 bits per heavy atom. The van der Waals surface area contributed by atoms with E-state index in [2.05, 4.69) is 15.6 Å². The molecule has 0 bridgehead atoms. The van der Waals surface area contributed by atoms with Crippen molar-refractivity contribution < 1.29 is 24.2 Å². The van der Waals surface area contributed by atoms with E-state index in [1.165, 1.54) is 0 Å². The lowest BCUT2D eigenvalue weighted by Crippen LogP contribution is -2.47. The highest BCUT2D eigenvalue weighted by molar-refractivity contribution is 5.86. The van der Waals surface area contributed by atoms with Crippen LogP contribution in [0, 0.1) is 0 Å². The number of hydrogen-bond acceptors (Lipinski definition) is 5. The summed E-state index contributed by atoms with van der Waals surface area (Å²) in [4.78, 5) is 40.7. The molecule has 0 fully saturated rings. The minimum atomic E-state index is -1.06. The predicted octanol–water partition coefficient (Wildman–Crippen LogP) is 4.03. The number of carboxylic acid groups (broad SMARTS) is 1. The molecule has 2 amide bonds. The van der Waals surface area contributed by atoms with E-state index in [1.54, 1.807) is 25.4 Å². The molecule has 35 heavy (non-hydrogen) atoms. The average Bonchev–Trinajstić information content (AvgIpc) is 3.19. The summed E-state index contributed by atoms with van der Waals surface area (Å²) in [6, 6.07) is 18.1. The normalized spacial score (nSPS) is 13.7. The van der Waals surface area contributed by atoms with Crippen molar-refractivity contribution in [1.82, 2.24) is 15.6 Å². The van der Waals surface area contributed by atoms with Gasteiger partial charge in [-0.05, 0) is 47.2 Å². The second-order valence-corrected chi connectivity index (χ2v) is 8.47. The number of amides is 2. The molecule has 0 radical (unpaired) electrons. The van der Waals surface area contributed by atoms with Gasteiger partial charge in [0.1, 0.15) is 12.6 Å². The molecule has 4 rings (SSSR count). The Kier molecular flexibility index (Phi) is 7.40. The topological polar surface area (TPSA) is 118 Å². The highest BCUT2D eigenvalue weighted by Crippen LogP contribution is 2.44. The predicted molar refractivity (Wildman–Crippen MR) is 130 cm³/mol. The van der Waals surface area contributed by atoms with Crippen molar-refractivity contribution in [3.05, 3.63) is 89.7 Å². The van der Waals surface area contributed by atoms with Gasteiger partial charge in [-0.15, -0.1) is 0 Å². The Bertz CT molecular complexity index is 1170. The summed E-state index contributed by atoms with van der Waals surface area (Å²) < 4.78 is 5.53. The van der Waals surface area contributed by atoms with E-state index in [0.717, 1.165) is 27.8 Å². The van der Waals surface area contributed by atoms with E-state index in [9.17, 15) is 14.4 Å². The van der Waals surface area contributed by atoms with Gasteiger partial charge in [0, 0.05) is 24.7 Å². The molecule has 3 N–H and O–H groups in total. The number of benzene rings is 2. The van der Waals surface area contributed by atoms with Crippen LogP contribution in [0.5, 0.6) is 0 Å². The van der Waals surface area contributed by atoms with Gasteiger partial charge in [-0.3, -0.25) is 14.6 Å². The summed E-state index contributed by atoms with van der Waals surface area (Å²) in [5, 5.41) is 14.4. The van der Waals surface area contributed by atoms with Gasteiger partial charge in [0.15, 0.2) is 0 Å². The molecule has 8 heteroatoms. The molecule has 2 unspecified atom stereocenters. The third-order valence-corrected chi connectivity index (χ3v) is 6.14. The van der Waals surface area contributed by atoms with Crippen LogP contribution in [0.2, 0.25) is 0 Å². The smallest absolute Gasteiger partial charge is 0.407 e. The number of aromatic nitrogens is 1. The second kappa shape index (κ2) is 10.8. The fraction of sp³-hybridized carbons (Fsp3) is 0.259. The van der Waals surface area contributed by atoms with E-state index < -0.39 is 24.0 Å². The average molecular weight is 474 g/mol. The third-order valence-electron chi connectivity index (χ3n) is 6.14. The molecule has 0 spiro atoms. The summed E-state index contributed by atoms with van der Waals surface area (Å²) in [7, 11) is 0. The highest BCUT2D eigenvalue weighted by Gasteiger charge is 2.30. The summed E-state index contributed by atoms with van der Waals surface area (Å²) in [6.07, 6.45) is 2.16. The molecule has 2 aromatic carbocycles. The number of pyridine rings is 1. The molecule has 180 valence electrons. The van der Waals surface area contributed by atoms with Gasteiger partial charge >= 0.3 is 12.1 Å². The van der Waals surface area contributed by atoms with Crippen LogP contribution in [0.1, 0.15) is 48.4 Å². The first-order valence-electron chi connectivity index (χ1n) is 11.5. The van der Waals surface area contributed by atoms with Crippen molar-refractivity contribution in [3.63, 3.8) is 0 Å². The number of hydrogen-bond donors (Lipinski definition) is 3. The third kappa shape index (κ3) is 5.66. The zero-order valence-corrected chi connectivity index (χ0v) is 19.3. The summed E-state index contributed by atoms with van der Waals surface area (Å²) >= 11 is 0. The van der Waals surface area contributed by atoms with Gasteiger partial charge in [-0.2, -0.15) is 0 Å². The number of carbonyl (C=O) groups excluding carboxylic acids is 2. The molecular weight excluding hydrogens is 446 g/mol. The number of nitrogens with zero attached hydrogens (tertiary/aromatic N) is 1. The SMILES string of the molecule is CC(NC(=O)C(CCC(=O)O)NC(=O)OCC1c2ccccc2-c2ccccc21)c1cccnc1. The van der Waals surface area contributed by atoms with Crippen LogP contribution < -0.4 is 10.6 Å². The Balaban J connectivity index is 1.41. The van der Waals surface area contributed by atoms with Crippen molar-refractivity contribution in [2.24, 2.45) is 0 Å². The zero-order valence-electron chi connectivity index (χ0n) is 19.3. The minimum Gasteiger partial charge on any atom is -0.481 e. The van der Waals surface area contributed by atoms with Crippen molar-refractivity contribution in [3.8, 4) is 11.1 Å². The second-order valence-electron chi connectivity index (χ2n) is 8.47. The van der Waals surface area contributed by atoms with Gasteiger partial charge in [0.2, 0.25) is 5.91 Å². The lowest BCUT2D eigenvalue weighted by Gasteiger charge is -2.21. The first-order valence-corrected chi connectivity index (χ1v) is 11.5. The van der Waals surface area contributed by atoms with Crippen LogP contribution in [0.4, 0.5) is 4.79 Å². The maximum absolute atomic E-state index is 12.9. The first-order chi connectivity index (χ1) is 16.9. The standard InChI is InChI=1S/C27H27N3O5/c1-17(18-7-6-14-28-15-18)29-26(33)24(12-13-25(31)32)30-27(34)35-16-23-21-10-4-2-8-19(21)20-9-3-5-11-22(20)23/h2-11,14-15,17,23-24H,12-13,16H2,1H3,(H,29,33)(H,30,34)(H,31,32). The highest BCUT2D eigenvalue weighted by atomic mass is 16.5. The molecule has 1 aliphatic rings. The quantitative estimate of drug-likeness (QED) is 0.432. The maximum atomic E-state index is 12.9. The molecule has 0 aliphatic heterocycles. The van der Waals surface area contributed by atoms with Crippen molar-refractivity contribution >= 4 is 18.0 Å². The summed E-state index contributed by atoms with van der Waals surface area (Å²) in [6.45, 7) is 1.88. The molecule has 1 aromatic heterocycles. The molecular formula is C27H27N3O5. The van der Waals surface area contributed by atoms with Crippen LogP contribution in [0.25, 0.3) is 11.1 Å². The number of rotatable bonds is 9. The maximum Gasteiger partial charge on any atom is 0.407 e. The molecule has 8 nitrogen and oxygen atoms in total. The van der Waals surface area contributed by atoms with Gasteiger partial charge in [-0.1, -0.05) is 54.6 Å². The lowest BCUT2D eigenvalue weighted by molar-refractivity contribution is -0.137. The number of carbonyl (C=O) groups is 3. The summed E-state index contributed by atoms with van der Waals surface area (Å²) in [5.41, 5.74) is 5.17. The van der Waals surface area contributed by atoms with Crippen molar-refractivity contribution in [1.29, 1.82) is 0 Å². The summed E-state index contributed by atoms with van der Waals surface area (Å²) in [5.74, 6) is -1.67. The van der Waals surface area contributed by atoms with Gasteiger partial charge in [0.25, 0.3) is 0 Å². The minimum absolute atomic E-state index is 0.0644. The van der Waals surface area contributed by atoms with Gasteiger partial charge in [-0.25, -0.2) is 4.79 Å². The number of alkyl carbamates (subject to hydrolysis) is 1. The van der Waals surface area contributed by atoms with Crippen LogP contribution in [-0.2, 0) is 14.3 Å². The lowest BCUT2D eigenvalue weighted by atomic mass is 9.98. The van der Waals surface area contributed by atoms with Crippen LogP contribution in [0.3, 0.4) is 0 Å². The molecule has 1 heterocycles. The monoisotopic (exact) mass is 473 g/mol. The Morgan fingerprint density at radius 3 is 2.23 bits per heavy atom. The van der Waals surface area contributed by atoms with Crippen LogP contribution in [0.15, 0.2) is 73.1 Å². The van der Waals surface area contributed by atoms with Crippen molar-refractivity contribution in [2.45, 2.75) is 37.8 Å². The molecule has 2 atom stereocenters. The molecule has 1 aliphatic carbocycles. The van der Waals surface area contributed by atoms with E-state index >= 15 is 0 Å². The van der Waals surface area contributed by atoms with E-state index in [-0.39, 0.29) is 31.4 Å². The fourth-order valence-corrected chi connectivity index (χ4v) is 4.35. The van der Waals surface area contributed by atoms with Gasteiger partial charge < -0.3 is 20.5 Å². The number of nitrogens with one attached hydrogen (secondary N) is 2. The largest absolute Gasteiger partial charge is 0.481 e. The zero-order chi connectivity index (χ0) is 24.8. The number of carboxylic acids is 1. The molecule has 0 saturated heterocycles. The number of ether oxygens (including phenoxy) is 1. The van der Waals surface area contributed by atoms with E-state index in [1.807, 2.05) is 54.6 Å². The number of fused-ring (bicyclic) bond motifs is 3. The van der Waals surface area contributed by atoms with Crippen LogP contribution >= 0.6 is 0 Å². The van der Waals surface area contributed by atoms with E-state index in [4.69, 9.17) is 9.84 Å². The fourth-order valence-electron chi connectivity index (χ4n) is 4.35. The Hall–Kier alpha value is -4.20. The first kappa shape index (κ1) is 23.9. The van der Waals surface area contributed by atoms with Crippen LogP contribution in [-0.4, -0.2) is 40.7 Å².